The molecule has 3 N–H and O–H groups in total. The minimum Gasteiger partial charge on any atom is -0.493 e. The highest BCUT2D eigenvalue weighted by Crippen LogP contribution is 2.59. The number of hydrogen-bond donors (Lipinski definition) is 3. The maximum atomic E-state index is 14.6. The largest absolute Gasteiger partial charge is 0.493 e. The summed E-state index contributed by atoms with van der Waals surface area (Å²) < 4.78 is 87.2. The van der Waals surface area contributed by atoms with Crippen molar-refractivity contribution in [3.05, 3.63) is 63.6 Å². The van der Waals surface area contributed by atoms with Gasteiger partial charge in [0.25, 0.3) is 0 Å². The Bertz CT molecular complexity index is 1400. The second kappa shape index (κ2) is 10.1. The summed E-state index contributed by atoms with van der Waals surface area (Å²) in [6.45, 7) is 1.18. The second-order valence-electron chi connectivity index (χ2n) is 9.22. The number of rotatable bonds is 7. The Hall–Kier alpha value is -3.29. The number of alkyl halides is 3. The molecule has 1 fully saturated rings. The van der Waals surface area contributed by atoms with Crippen LogP contribution in [0.5, 0.6) is 11.6 Å². The summed E-state index contributed by atoms with van der Waals surface area (Å²) in [6.07, 6.45) is -6.25. The number of aromatic amines is 1. The number of methoxy groups -OCH3 is 1. The monoisotopic (exact) mass is 544 g/mol. The lowest BCUT2D eigenvalue weighted by molar-refractivity contribution is -0.275. The number of hydrogen-bond acceptors (Lipinski definition) is 7. The molecule has 0 spiro atoms. The number of nitrogens with one attached hydrogen (secondary N) is 1. The number of pyridine rings is 2. The molecule has 0 bridgehead atoms. The molecule has 1 aliphatic rings. The molecule has 5 atom stereocenters. The fraction of sp³-hybridized carbons (Fsp3) is 0.440. The molecule has 1 aromatic carbocycles. The summed E-state index contributed by atoms with van der Waals surface area (Å²) in [4.78, 5) is 20.0. The third-order valence-corrected chi connectivity index (χ3v) is 6.97. The lowest BCUT2D eigenvalue weighted by atomic mass is 9.76. The van der Waals surface area contributed by atoms with Crippen LogP contribution < -0.4 is 14.9 Å². The van der Waals surface area contributed by atoms with Gasteiger partial charge in [-0.05, 0) is 19.1 Å². The van der Waals surface area contributed by atoms with Crippen LogP contribution in [0.4, 0.5) is 22.0 Å². The van der Waals surface area contributed by atoms with E-state index in [1.807, 2.05) is 0 Å². The Morgan fingerprint density at radius 3 is 2.61 bits per heavy atom. The van der Waals surface area contributed by atoms with Gasteiger partial charge in [0, 0.05) is 35.4 Å². The van der Waals surface area contributed by atoms with E-state index in [4.69, 9.17) is 19.3 Å². The van der Waals surface area contributed by atoms with Crippen LogP contribution in [0.3, 0.4) is 0 Å². The normalized spacial score (nSPS) is 24.5. The molecule has 2 aromatic heterocycles. The standard InChI is InChI=1S/C25H25F5N2O6/c1-11-18(13-4-5-14(26)20(27)21(13)36-3)22(38-24(11,2)25(28,29)30)16-8-17(35)19-15(32-16)6-7-31-23(19)37-10-12(34)9-33/h4-8,11-12,18,22,33-34H,9-10H2,1-3H3,(H,32,35)/t11-,12?,18-,22-,24+/m0/s1. The molecule has 3 aromatic rings. The first-order chi connectivity index (χ1) is 17.8. The number of nitrogens with zero attached hydrogens (tertiary/aromatic N) is 1. The maximum Gasteiger partial charge on any atom is 0.417 e. The highest BCUT2D eigenvalue weighted by molar-refractivity contribution is 5.83. The van der Waals surface area contributed by atoms with E-state index < -0.39 is 65.2 Å². The fourth-order valence-electron chi connectivity index (χ4n) is 4.76. The Labute approximate surface area is 213 Å². The summed E-state index contributed by atoms with van der Waals surface area (Å²) in [7, 11) is 1.07. The molecule has 206 valence electrons. The molecule has 3 heterocycles. The molecule has 38 heavy (non-hydrogen) atoms. The highest BCUT2D eigenvalue weighted by atomic mass is 19.4. The van der Waals surface area contributed by atoms with Gasteiger partial charge in [-0.15, -0.1) is 0 Å². The van der Waals surface area contributed by atoms with Gasteiger partial charge >= 0.3 is 6.18 Å². The van der Waals surface area contributed by atoms with Crippen molar-refractivity contribution in [2.75, 3.05) is 20.3 Å². The Kier molecular flexibility index (Phi) is 7.38. The molecule has 0 saturated carbocycles. The number of aliphatic hydroxyl groups is 2. The first-order valence-electron chi connectivity index (χ1n) is 11.5. The molecular formula is C25H25F5N2O6. The van der Waals surface area contributed by atoms with E-state index in [0.29, 0.717) is 0 Å². The Morgan fingerprint density at radius 1 is 1.26 bits per heavy atom. The number of halogens is 5. The van der Waals surface area contributed by atoms with Crippen molar-refractivity contribution in [3.8, 4) is 11.6 Å². The highest BCUT2D eigenvalue weighted by Gasteiger charge is 2.65. The van der Waals surface area contributed by atoms with Crippen molar-refractivity contribution in [1.82, 2.24) is 9.97 Å². The number of ether oxygens (including phenoxy) is 3. The van der Waals surface area contributed by atoms with Gasteiger partial charge in [0.1, 0.15) is 24.2 Å². The molecule has 13 heteroatoms. The topological polar surface area (TPSA) is 114 Å². The number of H-pyrrole nitrogens is 1. The quantitative estimate of drug-likeness (QED) is 0.388. The number of benzene rings is 1. The van der Waals surface area contributed by atoms with Crippen LogP contribution in [0.1, 0.15) is 37.1 Å². The summed E-state index contributed by atoms with van der Waals surface area (Å²) in [6, 6.07) is 4.35. The molecule has 0 amide bonds. The summed E-state index contributed by atoms with van der Waals surface area (Å²) >= 11 is 0. The first kappa shape index (κ1) is 27.7. The average Bonchev–Trinajstić information content (AvgIpc) is 3.15. The molecule has 1 unspecified atom stereocenters. The van der Waals surface area contributed by atoms with Crippen molar-refractivity contribution >= 4 is 10.9 Å². The van der Waals surface area contributed by atoms with Crippen LogP contribution >= 0.6 is 0 Å². The number of aromatic nitrogens is 2. The molecular weight excluding hydrogens is 519 g/mol. The van der Waals surface area contributed by atoms with Gasteiger partial charge in [-0.2, -0.15) is 17.6 Å². The van der Waals surface area contributed by atoms with Gasteiger partial charge in [0.2, 0.25) is 11.7 Å². The van der Waals surface area contributed by atoms with Gasteiger partial charge in [-0.3, -0.25) is 4.79 Å². The minimum atomic E-state index is -4.85. The third-order valence-electron chi connectivity index (χ3n) is 6.97. The Morgan fingerprint density at radius 2 is 1.97 bits per heavy atom. The molecule has 0 aliphatic carbocycles. The van der Waals surface area contributed by atoms with Crippen molar-refractivity contribution in [1.29, 1.82) is 0 Å². The van der Waals surface area contributed by atoms with Crippen molar-refractivity contribution in [2.24, 2.45) is 5.92 Å². The van der Waals surface area contributed by atoms with E-state index in [-0.39, 0.29) is 34.6 Å². The molecule has 1 aliphatic heterocycles. The SMILES string of the molecule is COc1c([C@H]2[C@H](c3cc(=O)c4c(OCC(O)CO)nccc4[nH]3)O[C@@](C)(C(F)(F)F)[C@H]2C)ccc(F)c1F. The smallest absolute Gasteiger partial charge is 0.417 e. The summed E-state index contributed by atoms with van der Waals surface area (Å²) in [5.74, 6) is -5.85. The van der Waals surface area contributed by atoms with E-state index in [0.717, 1.165) is 32.2 Å². The van der Waals surface area contributed by atoms with Crippen LogP contribution in [0.25, 0.3) is 10.9 Å². The number of aliphatic hydroxyl groups excluding tert-OH is 2. The van der Waals surface area contributed by atoms with E-state index >= 15 is 0 Å². The van der Waals surface area contributed by atoms with Gasteiger partial charge in [-0.1, -0.05) is 13.0 Å². The predicted molar refractivity (Wildman–Crippen MR) is 124 cm³/mol. The van der Waals surface area contributed by atoms with Gasteiger partial charge in [0.15, 0.2) is 22.6 Å². The minimum absolute atomic E-state index is 0.0482. The van der Waals surface area contributed by atoms with Gasteiger partial charge < -0.3 is 29.4 Å². The van der Waals surface area contributed by atoms with Crippen LogP contribution in [0.15, 0.2) is 35.3 Å². The molecule has 8 nitrogen and oxygen atoms in total. The zero-order chi connectivity index (χ0) is 28.0. The second-order valence-corrected chi connectivity index (χ2v) is 9.22. The van der Waals surface area contributed by atoms with Gasteiger partial charge in [0.05, 0.1) is 19.2 Å². The van der Waals surface area contributed by atoms with Crippen molar-refractivity contribution in [2.45, 2.75) is 43.8 Å². The van der Waals surface area contributed by atoms with Crippen LogP contribution in [0.2, 0.25) is 0 Å². The summed E-state index contributed by atoms with van der Waals surface area (Å²) in [5, 5.41) is 18.5. The van der Waals surface area contributed by atoms with Crippen LogP contribution in [-0.4, -0.2) is 58.4 Å². The maximum absolute atomic E-state index is 14.6. The molecule has 0 radical (unpaired) electrons. The molecule has 1 saturated heterocycles. The van der Waals surface area contributed by atoms with E-state index in [1.54, 1.807) is 0 Å². The summed E-state index contributed by atoms with van der Waals surface area (Å²) in [5.41, 5.74) is -3.36. The van der Waals surface area contributed by atoms with E-state index in [1.165, 1.54) is 19.2 Å². The fourth-order valence-corrected chi connectivity index (χ4v) is 4.76. The van der Waals surface area contributed by atoms with Crippen molar-refractivity contribution in [3.63, 3.8) is 0 Å². The third kappa shape index (κ3) is 4.58. The average molecular weight is 544 g/mol. The predicted octanol–water partition coefficient (Wildman–Crippen LogP) is 3.75. The zero-order valence-electron chi connectivity index (χ0n) is 20.5. The lowest BCUT2D eigenvalue weighted by Gasteiger charge is -2.32. The van der Waals surface area contributed by atoms with Crippen molar-refractivity contribution < 1.29 is 46.4 Å². The zero-order valence-corrected chi connectivity index (χ0v) is 20.5. The lowest BCUT2D eigenvalue weighted by Crippen LogP contribution is -2.46. The van der Waals surface area contributed by atoms with Crippen LogP contribution in [-0.2, 0) is 4.74 Å². The van der Waals surface area contributed by atoms with E-state index in [9.17, 15) is 31.9 Å². The number of fused-ring (bicyclic) bond motifs is 1. The molecule has 4 rings (SSSR count). The van der Waals surface area contributed by atoms with E-state index in [2.05, 4.69) is 9.97 Å². The Balaban J connectivity index is 1.88. The van der Waals surface area contributed by atoms with Crippen LogP contribution in [0, 0.1) is 17.6 Å². The van der Waals surface area contributed by atoms with Gasteiger partial charge in [-0.25, -0.2) is 9.37 Å². The first-order valence-corrected chi connectivity index (χ1v) is 11.5.